The Labute approximate surface area is 154 Å². The lowest BCUT2D eigenvalue weighted by Crippen LogP contribution is -2.39. The Morgan fingerprint density at radius 1 is 1.08 bits per heavy atom. The summed E-state index contributed by atoms with van der Waals surface area (Å²) in [6.07, 6.45) is 0. The zero-order valence-corrected chi connectivity index (χ0v) is 15.3. The molecule has 1 aromatic carbocycles. The third kappa shape index (κ3) is 6.16. The predicted molar refractivity (Wildman–Crippen MR) is 103 cm³/mol. The highest BCUT2D eigenvalue weighted by Gasteiger charge is 2.09. The average Bonchev–Trinajstić information content (AvgIpc) is 2.67. The van der Waals surface area contributed by atoms with Crippen LogP contribution in [0.3, 0.4) is 0 Å². The second-order valence-corrected chi connectivity index (χ2v) is 6.19. The molecule has 1 aliphatic heterocycles. The molecule has 0 aliphatic carbocycles. The number of nitrogens with zero attached hydrogens (tertiary/aromatic N) is 3. The summed E-state index contributed by atoms with van der Waals surface area (Å²) in [6.45, 7) is 8.63. The summed E-state index contributed by atoms with van der Waals surface area (Å²) in [6, 6.07) is 11.7. The van der Waals surface area contributed by atoms with Crippen LogP contribution < -0.4 is 15.4 Å². The van der Waals surface area contributed by atoms with Crippen molar-refractivity contribution in [3.05, 3.63) is 42.1 Å². The molecule has 2 aromatic rings. The van der Waals surface area contributed by atoms with Gasteiger partial charge in [0.25, 0.3) is 0 Å². The summed E-state index contributed by atoms with van der Waals surface area (Å²) < 4.78 is 11.0. The first-order chi connectivity index (χ1) is 12.8. The number of hydrogen-bond donors (Lipinski definition) is 2. The van der Waals surface area contributed by atoms with Gasteiger partial charge in [0.05, 0.1) is 19.8 Å². The van der Waals surface area contributed by atoms with Gasteiger partial charge in [-0.1, -0.05) is 18.2 Å². The van der Waals surface area contributed by atoms with Crippen LogP contribution in [0.5, 0.6) is 5.75 Å². The Hall–Kier alpha value is -2.38. The fraction of sp³-hybridized carbons (Fsp3) is 0.474. The summed E-state index contributed by atoms with van der Waals surface area (Å²) in [5.74, 6) is 2.34. The molecule has 0 spiro atoms. The Bertz CT molecular complexity index is 662. The van der Waals surface area contributed by atoms with Gasteiger partial charge in [0.2, 0.25) is 5.95 Å². The number of ether oxygens (including phenoxy) is 2. The highest BCUT2D eigenvalue weighted by molar-refractivity contribution is 5.42. The highest BCUT2D eigenvalue weighted by Crippen LogP contribution is 2.10. The molecule has 7 nitrogen and oxygen atoms in total. The van der Waals surface area contributed by atoms with Crippen molar-refractivity contribution in [3.8, 4) is 5.75 Å². The van der Waals surface area contributed by atoms with Crippen LogP contribution in [0.1, 0.15) is 5.69 Å². The Kier molecular flexibility index (Phi) is 7.04. The first-order valence-corrected chi connectivity index (χ1v) is 9.11. The minimum atomic E-state index is 0.576. The summed E-state index contributed by atoms with van der Waals surface area (Å²) in [7, 11) is 0. The van der Waals surface area contributed by atoms with E-state index in [1.54, 1.807) is 0 Å². The molecule has 26 heavy (non-hydrogen) atoms. The van der Waals surface area contributed by atoms with Gasteiger partial charge in [-0.3, -0.25) is 4.90 Å². The molecule has 1 aromatic heterocycles. The molecule has 3 rings (SSSR count). The summed E-state index contributed by atoms with van der Waals surface area (Å²) in [5, 5.41) is 6.61. The van der Waals surface area contributed by atoms with Crippen LogP contribution in [0.25, 0.3) is 0 Å². The lowest BCUT2D eigenvalue weighted by Gasteiger charge is -2.26. The second kappa shape index (κ2) is 9.94. The fourth-order valence-corrected chi connectivity index (χ4v) is 2.75. The summed E-state index contributed by atoms with van der Waals surface area (Å²) in [5.41, 5.74) is 0.931. The minimum Gasteiger partial charge on any atom is -0.492 e. The Morgan fingerprint density at radius 2 is 1.88 bits per heavy atom. The van der Waals surface area contributed by atoms with Gasteiger partial charge < -0.3 is 20.1 Å². The molecular formula is C19H27N5O2. The highest BCUT2D eigenvalue weighted by atomic mass is 16.5. The maximum Gasteiger partial charge on any atom is 0.224 e. The molecule has 2 N–H and O–H groups in total. The van der Waals surface area contributed by atoms with Crippen LogP contribution in [-0.4, -0.2) is 67.4 Å². The van der Waals surface area contributed by atoms with E-state index in [4.69, 9.17) is 9.47 Å². The number of anilines is 2. The molecular weight excluding hydrogens is 330 g/mol. The molecule has 0 amide bonds. The molecule has 0 unspecified atom stereocenters. The molecule has 7 heteroatoms. The normalized spacial score (nSPS) is 14.8. The van der Waals surface area contributed by atoms with E-state index in [1.807, 2.05) is 43.3 Å². The SMILES string of the molecule is Cc1cc(NCCOc2ccccc2)nc(NCCN2CCOCC2)n1. The Balaban J connectivity index is 1.41. The topological polar surface area (TPSA) is 71.5 Å². The number of para-hydroxylation sites is 1. The van der Waals surface area contributed by atoms with Gasteiger partial charge in [-0.05, 0) is 19.1 Å². The van der Waals surface area contributed by atoms with Crippen molar-refractivity contribution in [2.45, 2.75) is 6.92 Å². The first kappa shape index (κ1) is 18.4. The van der Waals surface area contributed by atoms with Gasteiger partial charge in [-0.2, -0.15) is 4.98 Å². The zero-order chi connectivity index (χ0) is 18.0. The molecule has 140 valence electrons. The third-order valence-corrected chi connectivity index (χ3v) is 4.09. The fourth-order valence-electron chi connectivity index (χ4n) is 2.75. The number of aryl methyl sites for hydroxylation is 1. The van der Waals surface area contributed by atoms with Crippen LogP contribution in [0.15, 0.2) is 36.4 Å². The van der Waals surface area contributed by atoms with E-state index in [0.717, 1.165) is 56.7 Å². The lowest BCUT2D eigenvalue weighted by atomic mass is 10.3. The van der Waals surface area contributed by atoms with E-state index in [9.17, 15) is 0 Å². The van der Waals surface area contributed by atoms with Crippen molar-refractivity contribution >= 4 is 11.8 Å². The minimum absolute atomic E-state index is 0.576. The maximum atomic E-state index is 5.68. The molecule has 1 fully saturated rings. The van der Waals surface area contributed by atoms with E-state index in [0.29, 0.717) is 19.1 Å². The van der Waals surface area contributed by atoms with Crippen LogP contribution in [0, 0.1) is 6.92 Å². The van der Waals surface area contributed by atoms with Crippen LogP contribution in [-0.2, 0) is 4.74 Å². The monoisotopic (exact) mass is 357 g/mol. The number of benzene rings is 1. The first-order valence-electron chi connectivity index (χ1n) is 9.11. The van der Waals surface area contributed by atoms with E-state index >= 15 is 0 Å². The summed E-state index contributed by atoms with van der Waals surface area (Å²) >= 11 is 0. The van der Waals surface area contributed by atoms with Crippen molar-refractivity contribution < 1.29 is 9.47 Å². The van der Waals surface area contributed by atoms with Crippen molar-refractivity contribution in [3.63, 3.8) is 0 Å². The van der Waals surface area contributed by atoms with Gasteiger partial charge in [0.1, 0.15) is 18.2 Å². The van der Waals surface area contributed by atoms with Crippen molar-refractivity contribution in [2.75, 3.05) is 63.2 Å². The second-order valence-electron chi connectivity index (χ2n) is 6.19. The number of rotatable bonds is 9. The van der Waals surface area contributed by atoms with Crippen LogP contribution >= 0.6 is 0 Å². The quantitative estimate of drug-likeness (QED) is 0.665. The smallest absolute Gasteiger partial charge is 0.224 e. The zero-order valence-electron chi connectivity index (χ0n) is 15.3. The van der Waals surface area contributed by atoms with Gasteiger partial charge in [-0.25, -0.2) is 4.98 Å². The van der Waals surface area contributed by atoms with Gasteiger partial charge in [0, 0.05) is 37.9 Å². The van der Waals surface area contributed by atoms with Gasteiger partial charge in [0.15, 0.2) is 0 Å². The maximum absolute atomic E-state index is 5.68. The van der Waals surface area contributed by atoms with Crippen molar-refractivity contribution in [1.29, 1.82) is 0 Å². The number of hydrogen-bond acceptors (Lipinski definition) is 7. The van der Waals surface area contributed by atoms with E-state index in [-0.39, 0.29) is 0 Å². The summed E-state index contributed by atoms with van der Waals surface area (Å²) in [4.78, 5) is 11.4. The molecule has 0 saturated carbocycles. The average molecular weight is 357 g/mol. The standard InChI is InChI=1S/C19H27N5O2/c1-16-15-18(20-8-12-26-17-5-3-2-4-6-17)23-19(22-16)21-7-9-24-10-13-25-14-11-24/h2-6,15H,7-14H2,1H3,(H2,20,21,22,23). The largest absolute Gasteiger partial charge is 0.492 e. The van der Waals surface area contributed by atoms with Gasteiger partial charge in [-0.15, -0.1) is 0 Å². The van der Waals surface area contributed by atoms with E-state index in [1.165, 1.54) is 0 Å². The molecule has 1 aliphatic rings. The number of morpholine rings is 1. The van der Waals surface area contributed by atoms with E-state index in [2.05, 4.69) is 25.5 Å². The molecule has 2 heterocycles. The number of nitrogens with one attached hydrogen (secondary N) is 2. The lowest BCUT2D eigenvalue weighted by molar-refractivity contribution is 0.0398. The van der Waals surface area contributed by atoms with Gasteiger partial charge >= 0.3 is 0 Å². The Morgan fingerprint density at radius 3 is 2.69 bits per heavy atom. The third-order valence-electron chi connectivity index (χ3n) is 4.09. The van der Waals surface area contributed by atoms with Crippen LogP contribution in [0.2, 0.25) is 0 Å². The molecule has 1 saturated heterocycles. The van der Waals surface area contributed by atoms with E-state index < -0.39 is 0 Å². The predicted octanol–water partition coefficient (Wildman–Crippen LogP) is 2.02. The molecule has 0 bridgehead atoms. The van der Waals surface area contributed by atoms with Crippen molar-refractivity contribution in [1.82, 2.24) is 14.9 Å². The molecule has 0 atom stereocenters. The number of aromatic nitrogens is 2. The van der Waals surface area contributed by atoms with Crippen molar-refractivity contribution in [2.24, 2.45) is 0 Å². The molecule has 0 radical (unpaired) electrons. The van der Waals surface area contributed by atoms with Crippen LogP contribution in [0.4, 0.5) is 11.8 Å².